The number of benzene rings is 1. The molecule has 0 unspecified atom stereocenters. The first-order valence-corrected chi connectivity index (χ1v) is 10.3. The van der Waals surface area contributed by atoms with E-state index in [1.165, 1.54) is 24.7 Å². The highest BCUT2D eigenvalue weighted by molar-refractivity contribution is 7.14. The normalized spacial score (nSPS) is 11.8. The van der Waals surface area contributed by atoms with Crippen molar-refractivity contribution in [1.82, 2.24) is 9.88 Å². The molecule has 0 aliphatic carbocycles. The Bertz CT molecular complexity index is 1010. The molecule has 2 amide bonds. The zero-order chi connectivity index (χ0) is 21.1. The number of nitrogens with one attached hydrogen (secondary N) is 2. The van der Waals surface area contributed by atoms with Crippen molar-refractivity contribution in [2.75, 3.05) is 19.5 Å². The van der Waals surface area contributed by atoms with Crippen LogP contribution in [0.5, 0.6) is 11.5 Å². The van der Waals surface area contributed by atoms with Crippen LogP contribution < -0.4 is 20.1 Å². The quantitative estimate of drug-likeness (QED) is 0.523. The fraction of sp³-hybridized carbons (Fsp3) is 0.286. The first-order chi connectivity index (χ1) is 13.8. The summed E-state index contributed by atoms with van der Waals surface area (Å²) >= 11 is 7.90. The summed E-state index contributed by atoms with van der Waals surface area (Å²) in [6.07, 6.45) is 4.01. The van der Waals surface area contributed by atoms with Gasteiger partial charge in [0.25, 0.3) is 0 Å². The van der Waals surface area contributed by atoms with Crippen molar-refractivity contribution in [1.29, 1.82) is 0 Å². The minimum absolute atomic E-state index is 0.197. The number of thiophene rings is 1. The Labute approximate surface area is 179 Å². The lowest BCUT2D eigenvalue weighted by Crippen LogP contribution is -2.31. The van der Waals surface area contributed by atoms with E-state index in [0.29, 0.717) is 22.2 Å². The number of aryl methyl sites for hydroxylation is 1. The van der Waals surface area contributed by atoms with Crippen molar-refractivity contribution in [2.45, 2.75) is 26.8 Å². The van der Waals surface area contributed by atoms with Gasteiger partial charge >= 0.3 is 6.03 Å². The maximum atomic E-state index is 12.7. The summed E-state index contributed by atoms with van der Waals surface area (Å²) in [5, 5.41) is 7.32. The van der Waals surface area contributed by atoms with E-state index in [2.05, 4.69) is 29.0 Å². The topological polar surface area (TPSA) is 64.5 Å². The van der Waals surface area contributed by atoms with Crippen LogP contribution in [0.15, 0.2) is 36.7 Å². The fourth-order valence-corrected chi connectivity index (χ4v) is 4.64. The second-order valence-electron chi connectivity index (χ2n) is 6.60. The summed E-state index contributed by atoms with van der Waals surface area (Å²) in [5.41, 5.74) is 2.74. The number of carbonyl (C=O) groups excluding carboxylic acids is 1. The van der Waals surface area contributed by atoms with Gasteiger partial charge in [-0.15, -0.1) is 11.3 Å². The summed E-state index contributed by atoms with van der Waals surface area (Å²) in [6.45, 7) is 6.14. The number of carbonyl (C=O) groups is 1. The molecule has 2 heterocycles. The summed E-state index contributed by atoms with van der Waals surface area (Å²) < 4.78 is 12.6. The van der Waals surface area contributed by atoms with Gasteiger partial charge in [0.15, 0.2) is 0 Å². The lowest BCUT2D eigenvalue weighted by Gasteiger charge is -2.19. The Morgan fingerprint density at radius 1 is 1.14 bits per heavy atom. The number of rotatable bonds is 6. The molecule has 2 N–H and O–H groups in total. The molecule has 2 aromatic heterocycles. The van der Waals surface area contributed by atoms with Gasteiger partial charge in [-0.1, -0.05) is 11.6 Å². The second-order valence-corrected chi connectivity index (χ2v) is 8.21. The van der Waals surface area contributed by atoms with Gasteiger partial charge in [-0.25, -0.2) is 4.79 Å². The average molecular weight is 434 g/mol. The lowest BCUT2D eigenvalue weighted by molar-refractivity contribution is 0.249. The Morgan fingerprint density at radius 3 is 2.41 bits per heavy atom. The van der Waals surface area contributed by atoms with Crippen molar-refractivity contribution in [3.63, 3.8) is 0 Å². The van der Waals surface area contributed by atoms with Crippen LogP contribution in [0.1, 0.15) is 29.0 Å². The summed E-state index contributed by atoms with van der Waals surface area (Å²) in [5.74, 6) is 0.938. The Balaban J connectivity index is 1.82. The number of anilines is 1. The first-order valence-electron chi connectivity index (χ1n) is 9.08. The number of methoxy groups -OCH3 is 2. The molecular formula is C21H24ClN3O3S. The van der Waals surface area contributed by atoms with Crippen LogP contribution in [0, 0.1) is 13.8 Å². The van der Waals surface area contributed by atoms with E-state index in [1.807, 2.05) is 31.5 Å². The number of ether oxygens (including phenoxy) is 2. The van der Waals surface area contributed by atoms with Gasteiger partial charge in [-0.3, -0.25) is 0 Å². The summed E-state index contributed by atoms with van der Waals surface area (Å²) in [4.78, 5) is 13.9. The number of amides is 2. The number of hydrogen-bond acceptors (Lipinski definition) is 4. The zero-order valence-electron chi connectivity index (χ0n) is 17.0. The van der Waals surface area contributed by atoms with Gasteiger partial charge in [0.2, 0.25) is 0 Å². The van der Waals surface area contributed by atoms with Crippen LogP contribution in [0.2, 0.25) is 5.02 Å². The molecule has 0 aliphatic heterocycles. The van der Waals surface area contributed by atoms with Crippen molar-refractivity contribution in [2.24, 2.45) is 0 Å². The molecule has 0 aliphatic rings. The number of hydrogen-bond donors (Lipinski definition) is 2. The van der Waals surface area contributed by atoms with Gasteiger partial charge in [0.05, 0.1) is 31.0 Å². The van der Waals surface area contributed by atoms with Crippen LogP contribution in [0.3, 0.4) is 0 Å². The molecule has 0 radical (unpaired) electrons. The van der Waals surface area contributed by atoms with Crippen molar-refractivity contribution in [3.05, 3.63) is 57.7 Å². The maximum absolute atomic E-state index is 12.7. The van der Waals surface area contributed by atoms with Gasteiger partial charge < -0.3 is 24.7 Å². The van der Waals surface area contributed by atoms with Crippen molar-refractivity contribution >= 4 is 34.7 Å². The number of aromatic nitrogens is 1. The molecule has 3 aromatic rings. The number of urea groups is 1. The van der Waals surface area contributed by atoms with Gasteiger partial charge in [0.1, 0.15) is 16.5 Å². The SMILES string of the molecule is COc1cc(OC)c(NC(=O)N[C@H](C)c2c(-n3cccc3)sc(C)c2C)cc1Cl. The predicted octanol–water partition coefficient (Wildman–Crippen LogP) is 5.71. The van der Waals surface area contributed by atoms with Crippen LogP contribution in [0.25, 0.3) is 5.00 Å². The van der Waals surface area contributed by atoms with E-state index in [9.17, 15) is 4.79 Å². The fourth-order valence-electron chi connectivity index (χ4n) is 3.18. The van der Waals surface area contributed by atoms with Crippen LogP contribution in [-0.2, 0) is 0 Å². The van der Waals surface area contributed by atoms with Crippen molar-refractivity contribution in [3.8, 4) is 16.5 Å². The predicted molar refractivity (Wildman–Crippen MR) is 118 cm³/mol. The molecule has 8 heteroatoms. The molecule has 0 spiro atoms. The zero-order valence-corrected chi connectivity index (χ0v) is 18.6. The van der Waals surface area contributed by atoms with E-state index in [4.69, 9.17) is 21.1 Å². The third-order valence-corrected chi connectivity index (χ3v) is 6.29. The molecule has 1 atom stereocenters. The van der Waals surface area contributed by atoms with Gasteiger partial charge in [-0.2, -0.15) is 0 Å². The van der Waals surface area contributed by atoms with Crippen molar-refractivity contribution < 1.29 is 14.3 Å². The molecule has 6 nitrogen and oxygen atoms in total. The minimum Gasteiger partial charge on any atom is -0.495 e. The standard InChI is InChI=1S/C21H24ClN3O3S/c1-12-14(3)29-20(25-8-6-7-9-25)19(12)13(2)23-21(26)24-16-10-15(22)17(27-4)11-18(16)28-5/h6-11,13H,1-5H3,(H2,23,24,26)/t13-/m1/s1. The third-order valence-electron chi connectivity index (χ3n) is 4.75. The van der Waals surface area contributed by atoms with E-state index in [-0.39, 0.29) is 12.1 Å². The monoisotopic (exact) mass is 433 g/mol. The maximum Gasteiger partial charge on any atom is 0.319 e. The summed E-state index contributed by atoms with van der Waals surface area (Å²) in [7, 11) is 3.05. The van der Waals surface area contributed by atoms with E-state index in [1.54, 1.807) is 23.5 Å². The third kappa shape index (κ3) is 4.36. The average Bonchev–Trinajstić information content (AvgIpc) is 3.30. The van der Waals surface area contributed by atoms with Gasteiger partial charge in [-0.05, 0) is 44.5 Å². The van der Waals surface area contributed by atoms with E-state index in [0.717, 1.165) is 10.6 Å². The largest absolute Gasteiger partial charge is 0.495 e. The molecule has 0 saturated heterocycles. The Morgan fingerprint density at radius 2 is 1.79 bits per heavy atom. The molecule has 1 aromatic carbocycles. The molecule has 0 bridgehead atoms. The first kappa shape index (κ1) is 21.1. The van der Waals surface area contributed by atoms with E-state index >= 15 is 0 Å². The summed E-state index contributed by atoms with van der Waals surface area (Å²) in [6, 6.07) is 6.67. The highest BCUT2D eigenvalue weighted by atomic mass is 35.5. The number of nitrogens with zero attached hydrogens (tertiary/aromatic N) is 1. The number of halogens is 1. The molecule has 3 rings (SSSR count). The molecule has 29 heavy (non-hydrogen) atoms. The molecule has 0 fully saturated rings. The minimum atomic E-state index is -0.348. The van der Waals surface area contributed by atoms with Crippen LogP contribution >= 0.6 is 22.9 Å². The molecular weight excluding hydrogens is 410 g/mol. The smallest absolute Gasteiger partial charge is 0.319 e. The van der Waals surface area contributed by atoms with Crippen LogP contribution in [0.4, 0.5) is 10.5 Å². The van der Waals surface area contributed by atoms with Crippen LogP contribution in [-0.4, -0.2) is 24.8 Å². The Kier molecular flexibility index (Phi) is 6.39. The second kappa shape index (κ2) is 8.80. The Hall–Kier alpha value is -2.64. The lowest BCUT2D eigenvalue weighted by atomic mass is 10.1. The van der Waals surface area contributed by atoms with E-state index < -0.39 is 0 Å². The molecule has 154 valence electrons. The highest BCUT2D eigenvalue weighted by Crippen LogP contribution is 2.37. The van der Waals surface area contributed by atoms with Gasteiger partial charge in [0, 0.05) is 28.9 Å². The molecule has 0 saturated carbocycles. The highest BCUT2D eigenvalue weighted by Gasteiger charge is 2.21.